The first-order chi connectivity index (χ1) is 19.5. The van der Waals surface area contributed by atoms with Crippen molar-refractivity contribution in [2.24, 2.45) is 0 Å². The lowest BCUT2D eigenvalue weighted by molar-refractivity contribution is -0.126. The van der Waals surface area contributed by atoms with Crippen LogP contribution in [-0.2, 0) is 22.7 Å². The predicted molar refractivity (Wildman–Crippen MR) is 153 cm³/mol. The summed E-state index contributed by atoms with van der Waals surface area (Å²) in [5.74, 6) is -1.84. The van der Waals surface area contributed by atoms with Gasteiger partial charge in [0, 0.05) is 63.5 Å². The summed E-state index contributed by atoms with van der Waals surface area (Å²) in [7, 11) is 0. The van der Waals surface area contributed by atoms with Crippen molar-refractivity contribution in [2.75, 3.05) is 63.1 Å². The van der Waals surface area contributed by atoms with Crippen LogP contribution in [0.2, 0.25) is 0 Å². The van der Waals surface area contributed by atoms with Gasteiger partial charge in [-0.1, -0.05) is 12.1 Å². The first kappa shape index (κ1) is 32.2. The molecule has 2 unspecified atom stereocenters. The van der Waals surface area contributed by atoms with Gasteiger partial charge in [-0.15, -0.1) is 0 Å². The summed E-state index contributed by atoms with van der Waals surface area (Å²) in [6.07, 6.45) is -3.19. The van der Waals surface area contributed by atoms with E-state index in [1.807, 2.05) is 26.0 Å². The Labute approximate surface area is 239 Å². The number of carbonyl (C=O) groups is 2. The Bertz CT molecular complexity index is 1120. The molecule has 0 spiro atoms. The van der Waals surface area contributed by atoms with E-state index >= 15 is 0 Å². The summed E-state index contributed by atoms with van der Waals surface area (Å²) in [5.41, 5.74) is 3.13. The number of phenols is 2. The van der Waals surface area contributed by atoms with E-state index in [4.69, 9.17) is 10.2 Å². The van der Waals surface area contributed by atoms with Gasteiger partial charge in [-0.25, -0.2) is 0 Å². The molecule has 2 amide bonds. The van der Waals surface area contributed by atoms with E-state index in [2.05, 4.69) is 25.8 Å². The largest absolute Gasteiger partial charge is 0.505 e. The minimum absolute atomic E-state index is 0.107. The number of carbonyl (C=O) groups excluding carboxylic acids is 2. The van der Waals surface area contributed by atoms with E-state index < -0.39 is 37.2 Å². The summed E-state index contributed by atoms with van der Waals surface area (Å²) in [4.78, 5) is 28.4. The van der Waals surface area contributed by atoms with Crippen molar-refractivity contribution in [3.8, 4) is 11.5 Å². The minimum Gasteiger partial charge on any atom is -0.505 e. The number of benzene rings is 2. The first-order valence-electron chi connectivity index (χ1n) is 13.5. The van der Waals surface area contributed by atoms with E-state index in [1.165, 1.54) is 0 Å². The van der Waals surface area contributed by atoms with Crippen molar-refractivity contribution in [3.63, 3.8) is 0 Å². The Morgan fingerprint density at radius 2 is 1.15 bits per heavy atom. The van der Waals surface area contributed by atoms with Crippen LogP contribution in [0.3, 0.4) is 0 Å². The normalized spacial score (nSPS) is 16.7. The van der Waals surface area contributed by atoms with Crippen LogP contribution in [0.1, 0.15) is 22.3 Å². The quantitative estimate of drug-likeness (QED) is 0.161. The van der Waals surface area contributed by atoms with Crippen LogP contribution in [0.4, 0.5) is 11.4 Å². The number of aromatic hydroxyl groups is 2. The van der Waals surface area contributed by atoms with Gasteiger partial charge in [-0.05, 0) is 37.1 Å². The van der Waals surface area contributed by atoms with Crippen molar-refractivity contribution in [3.05, 3.63) is 46.5 Å². The van der Waals surface area contributed by atoms with Crippen LogP contribution in [0, 0.1) is 13.8 Å². The molecule has 1 heterocycles. The highest BCUT2D eigenvalue weighted by molar-refractivity contribution is 5.96. The number of amides is 2. The molecule has 1 aliphatic rings. The van der Waals surface area contributed by atoms with Crippen molar-refractivity contribution in [1.82, 2.24) is 15.1 Å². The number of anilines is 2. The van der Waals surface area contributed by atoms with E-state index in [-0.39, 0.29) is 22.9 Å². The molecular formula is C28H41N5O8. The Morgan fingerprint density at radius 3 is 1.51 bits per heavy atom. The lowest BCUT2D eigenvalue weighted by atomic mass is 10.1. The second-order valence-corrected chi connectivity index (χ2v) is 10.3. The lowest BCUT2D eigenvalue weighted by Crippen LogP contribution is -2.35. The highest BCUT2D eigenvalue weighted by Gasteiger charge is 2.21. The maximum absolute atomic E-state index is 12.1. The lowest BCUT2D eigenvalue weighted by Gasteiger charge is -2.27. The van der Waals surface area contributed by atoms with Gasteiger partial charge in [0.2, 0.25) is 0 Å². The van der Waals surface area contributed by atoms with E-state index in [1.54, 1.807) is 12.1 Å². The molecule has 9 N–H and O–H groups in total. The Balaban J connectivity index is 1.73. The maximum atomic E-state index is 12.1. The number of aryl methyl sites for hydroxylation is 2. The fraction of sp³-hybridized carbons (Fsp3) is 0.500. The second kappa shape index (κ2) is 15.1. The molecular weight excluding hydrogens is 534 g/mol. The molecule has 1 saturated heterocycles. The summed E-state index contributed by atoms with van der Waals surface area (Å²) < 4.78 is 0. The molecule has 0 aliphatic carbocycles. The molecule has 13 nitrogen and oxygen atoms in total. The summed E-state index contributed by atoms with van der Waals surface area (Å²) in [6.45, 7) is 7.10. The Hall–Kier alpha value is -3.30. The Morgan fingerprint density at radius 1 is 0.756 bits per heavy atom. The fourth-order valence-electron chi connectivity index (χ4n) is 4.64. The Kier molecular flexibility index (Phi) is 11.8. The number of hydrogen-bond donors (Lipinski definition) is 9. The van der Waals surface area contributed by atoms with Crippen LogP contribution in [0.25, 0.3) is 0 Å². The zero-order chi connectivity index (χ0) is 30.1. The number of phenolic OH excluding ortho intramolecular Hbond substituents is 2. The van der Waals surface area contributed by atoms with Crippen LogP contribution in [0.15, 0.2) is 24.3 Å². The molecule has 0 aromatic heterocycles. The van der Waals surface area contributed by atoms with Crippen molar-refractivity contribution in [2.45, 2.75) is 39.1 Å². The number of aliphatic hydroxyl groups is 4. The molecule has 1 fully saturated rings. The minimum atomic E-state index is -1.60. The summed E-state index contributed by atoms with van der Waals surface area (Å²) >= 11 is 0. The molecule has 0 radical (unpaired) electrons. The molecule has 2 aromatic carbocycles. The first-order valence-corrected chi connectivity index (χ1v) is 13.5. The highest BCUT2D eigenvalue weighted by Crippen LogP contribution is 2.32. The maximum Gasteiger partial charge on any atom is 0.255 e. The third kappa shape index (κ3) is 9.10. The van der Waals surface area contributed by atoms with E-state index in [9.17, 15) is 30.0 Å². The van der Waals surface area contributed by atoms with Gasteiger partial charge in [0.25, 0.3) is 11.8 Å². The average Bonchev–Trinajstić information content (AvgIpc) is 3.04. The molecule has 2 aromatic rings. The average molecular weight is 576 g/mol. The molecule has 13 heteroatoms. The smallest absolute Gasteiger partial charge is 0.255 e. The summed E-state index contributed by atoms with van der Waals surface area (Å²) in [5, 5.41) is 67.3. The van der Waals surface area contributed by atoms with Crippen molar-refractivity contribution in [1.29, 1.82) is 0 Å². The van der Waals surface area contributed by atoms with E-state index in [0.29, 0.717) is 63.5 Å². The predicted octanol–water partition coefficient (Wildman–Crippen LogP) is -0.795. The van der Waals surface area contributed by atoms with E-state index in [0.717, 1.165) is 11.1 Å². The third-order valence-corrected chi connectivity index (χ3v) is 6.86. The fourth-order valence-corrected chi connectivity index (χ4v) is 4.64. The second-order valence-electron chi connectivity index (χ2n) is 10.3. The van der Waals surface area contributed by atoms with Gasteiger partial charge in [0.1, 0.15) is 11.5 Å². The van der Waals surface area contributed by atoms with Gasteiger partial charge < -0.3 is 46.6 Å². The van der Waals surface area contributed by atoms with Crippen molar-refractivity contribution >= 4 is 23.2 Å². The molecule has 0 saturated carbocycles. The van der Waals surface area contributed by atoms with Gasteiger partial charge in [-0.3, -0.25) is 19.4 Å². The molecule has 2 atom stereocenters. The molecule has 0 bridgehead atoms. The van der Waals surface area contributed by atoms with Crippen LogP contribution in [-0.4, -0.2) is 117 Å². The standard InChI is InChI=1S/C28H41N5O8/c1-17-9-19(25(38)21(11-17)30-27(40)23(36)15-34)13-32-5-3-29-4-6-33(8-7-32)14-20-10-18(2)12-22(26(20)39)31-28(41)24(37)16-35/h9-12,23-24,29,34-39H,3-8,13-16H2,1-2H3,(H,30,40)(H,31,41). The number of rotatable bonds is 10. The number of aliphatic hydroxyl groups excluding tert-OH is 4. The zero-order valence-corrected chi connectivity index (χ0v) is 23.4. The molecule has 226 valence electrons. The SMILES string of the molecule is Cc1cc(CN2CCNCCN(Cc3cc(C)cc(NC(=O)C(O)CO)c3O)CC2)c(O)c(NC(=O)C(O)CO)c1. The molecule has 3 rings (SSSR count). The number of nitrogens with one attached hydrogen (secondary N) is 3. The van der Waals surface area contributed by atoms with Crippen LogP contribution in [0.5, 0.6) is 11.5 Å². The number of nitrogens with zero attached hydrogens (tertiary/aromatic N) is 2. The van der Waals surface area contributed by atoms with Gasteiger partial charge in [-0.2, -0.15) is 0 Å². The number of hydrogen-bond acceptors (Lipinski definition) is 11. The monoisotopic (exact) mass is 575 g/mol. The topological polar surface area (TPSA) is 198 Å². The van der Waals surface area contributed by atoms with Gasteiger partial charge in [0.15, 0.2) is 12.2 Å². The van der Waals surface area contributed by atoms with Gasteiger partial charge in [0.05, 0.1) is 24.6 Å². The summed E-state index contributed by atoms with van der Waals surface area (Å²) in [6, 6.07) is 6.86. The molecule has 41 heavy (non-hydrogen) atoms. The van der Waals surface area contributed by atoms with Crippen LogP contribution >= 0.6 is 0 Å². The molecule has 1 aliphatic heterocycles. The van der Waals surface area contributed by atoms with Crippen LogP contribution < -0.4 is 16.0 Å². The zero-order valence-electron chi connectivity index (χ0n) is 23.4. The van der Waals surface area contributed by atoms with Crippen molar-refractivity contribution < 1.29 is 40.2 Å². The third-order valence-electron chi connectivity index (χ3n) is 6.86. The van der Waals surface area contributed by atoms with Gasteiger partial charge >= 0.3 is 0 Å². The highest BCUT2D eigenvalue weighted by atomic mass is 16.3.